The fourth-order valence-corrected chi connectivity index (χ4v) is 5.89. The molecular formula is C31H33FN2O2. The highest BCUT2D eigenvalue weighted by Gasteiger charge is 2.68. The highest BCUT2D eigenvalue weighted by molar-refractivity contribution is 6.13. The lowest BCUT2D eigenvalue weighted by atomic mass is 9.87. The lowest BCUT2D eigenvalue weighted by Crippen LogP contribution is -2.39. The van der Waals surface area contributed by atoms with Gasteiger partial charge in [-0.15, -0.1) is 0 Å². The van der Waals surface area contributed by atoms with Crippen molar-refractivity contribution in [2.24, 2.45) is 16.8 Å². The van der Waals surface area contributed by atoms with Gasteiger partial charge in [0.2, 0.25) is 0 Å². The first-order valence-corrected chi connectivity index (χ1v) is 12.7. The highest BCUT2D eigenvalue weighted by atomic mass is 19.1. The van der Waals surface area contributed by atoms with Gasteiger partial charge in [0.05, 0.1) is 11.4 Å². The van der Waals surface area contributed by atoms with Crippen molar-refractivity contribution in [2.45, 2.75) is 45.1 Å². The van der Waals surface area contributed by atoms with Crippen LogP contribution in [0.2, 0.25) is 0 Å². The maximum Gasteiger partial charge on any atom is 0.410 e. The molecule has 36 heavy (non-hydrogen) atoms. The normalized spacial score (nSPS) is 22.6. The summed E-state index contributed by atoms with van der Waals surface area (Å²) in [6.07, 6.45) is 0.626. The number of carbonyl (C=O) groups is 1. The molecule has 1 heterocycles. The van der Waals surface area contributed by atoms with Gasteiger partial charge in [-0.25, -0.2) is 14.2 Å². The summed E-state index contributed by atoms with van der Waals surface area (Å²) in [6, 6.07) is 25.2. The van der Waals surface area contributed by atoms with Crippen molar-refractivity contribution in [2.75, 3.05) is 13.1 Å². The van der Waals surface area contributed by atoms with E-state index in [9.17, 15) is 9.18 Å². The highest BCUT2D eigenvalue weighted by Crippen LogP contribution is 2.65. The standard InChI is InChI=1S/C31H33FN2O2/c1-5-31(26-19-34(20-27(26)31)29(35)36-30(2,3)4)23-16-24(32)18-25(17-23)33-28(21-12-8-6-9-13-21)22-14-10-7-11-15-22/h6-18,26-27H,5,19-20H2,1-4H3. The molecule has 0 aromatic heterocycles. The Morgan fingerprint density at radius 1 is 0.972 bits per heavy atom. The number of aliphatic imine (C=N–C) groups is 1. The van der Waals surface area contributed by atoms with Gasteiger partial charge in [-0.2, -0.15) is 0 Å². The number of rotatable bonds is 5. The Labute approximate surface area is 212 Å². The predicted molar refractivity (Wildman–Crippen MR) is 141 cm³/mol. The maximum atomic E-state index is 15.0. The van der Waals surface area contributed by atoms with E-state index < -0.39 is 5.60 Å². The molecule has 186 valence electrons. The zero-order valence-corrected chi connectivity index (χ0v) is 21.4. The van der Waals surface area contributed by atoms with Gasteiger partial charge in [0.1, 0.15) is 11.4 Å². The molecule has 3 aromatic carbocycles. The number of likely N-dealkylation sites (tertiary alicyclic amines) is 1. The van der Waals surface area contributed by atoms with E-state index in [0.29, 0.717) is 30.6 Å². The number of piperidine rings is 1. The van der Waals surface area contributed by atoms with E-state index >= 15 is 0 Å². The molecule has 1 saturated heterocycles. The van der Waals surface area contributed by atoms with Gasteiger partial charge in [0, 0.05) is 29.6 Å². The van der Waals surface area contributed by atoms with Gasteiger partial charge in [-0.1, -0.05) is 67.6 Å². The second kappa shape index (κ2) is 9.20. The summed E-state index contributed by atoms with van der Waals surface area (Å²) >= 11 is 0. The Bertz CT molecular complexity index is 1230. The molecule has 1 aliphatic carbocycles. The third kappa shape index (κ3) is 4.55. The third-order valence-electron chi connectivity index (χ3n) is 7.53. The topological polar surface area (TPSA) is 41.9 Å². The van der Waals surface area contributed by atoms with Crippen LogP contribution in [0.1, 0.15) is 50.8 Å². The molecule has 2 aliphatic rings. The Morgan fingerprint density at radius 2 is 1.53 bits per heavy atom. The zero-order valence-electron chi connectivity index (χ0n) is 21.4. The monoisotopic (exact) mass is 484 g/mol. The lowest BCUT2D eigenvalue weighted by Gasteiger charge is -2.29. The number of benzene rings is 3. The maximum absolute atomic E-state index is 15.0. The lowest BCUT2D eigenvalue weighted by molar-refractivity contribution is 0.0260. The van der Waals surface area contributed by atoms with E-state index in [1.807, 2.05) is 87.5 Å². The van der Waals surface area contributed by atoms with Crippen molar-refractivity contribution in [3.63, 3.8) is 0 Å². The minimum absolute atomic E-state index is 0.134. The molecule has 2 unspecified atom stereocenters. The Kier molecular flexibility index (Phi) is 6.19. The summed E-state index contributed by atoms with van der Waals surface area (Å²) in [5.74, 6) is 0.321. The number of carbonyl (C=O) groups excluding carboxylic acids is 1. The van der Waals surface area contributed by atoms with E-state index in [-0.39, 0.29) is 17.3 Å². The largest absolute Gasteiger partial charge is 0.444 e. The zero-order chi connectivity index (χ0) is 25.5. The average Bonchev–Trinajstić information content (AvgIpc) is 3.22. The van der Waals surface area contributed by atoms with Gasteiger partial charge in [-0.05, 0) is 62.8 Å². The molecule has 1 saturated carbocycles. The summed E-state index contributed by atoms with van der Waals surface area (Å²) in [4.78, 5) is 19.4. The number of fused-ring (bicyclic) bond motifs is 1. The summed E-state index contributed by atoms with van der Waals surface area (Å²) < 4.78 is 20.6. The van der Waals surface area contributed by atoms with Crippen molar-refractivity contribution >= 4 is 17.5 Å². The fourth-order valence-electron chi connectivity index (χ4n) is 5.89. The molecule has 3 aromatic rings. The Morgan fingerprint density at radius 3 is 2.03 bits per heavy atom. The van der Waals surface area contributed by atoms with Crippen LogP contribution < -0.4 is 0 Å². The second-order valence-electron chi connectivity index (χ2n) is 10.9. The van der Waals surface area contributed by atoms with Gasteiger partial charge < -0.3 is 9.64 Å². The molecule has 0 spiro atoms. The molecule has 2 atom stereocenters. The van der Waals surface area contributed by atoms with Crippen LogP contribution in [0.4, 0.5) is 14.9 Å². The van der Waals surface area contributed by atoms with Crippen molar-refractivity contribution in [3.8, 4) is 0 Å². The Hall–Kier alpha value is -3.47. The minimum Gasteiger partial charge on any atom is -0.444 e. The number of nitrogens with zero attached hydrogens (tertiary/aromatic N) is 2. The molecule has 0 bridgehead atoms. The number of ether oxygens (including phenoxy) is 1. The van der Waals surface area contributed by atoms with Crippen LogP contribution in [0.15, 0.2) is 83.9 Å². The summed E-state index contributed by atoms with van der Waals surface area (Å²) in [7, 11) is 0. The fraction of sp³-hybridized carbons (Fsp3) is 0.355. The van der Waals surface area contributed by atoms with Crippen LogP contribution in [0.3, 0.4) is 0 Å². The van der Waals surface area contributed by atoms with E-state index in [4.69, 9.17) is 9.73 Å². The van der Waals surface area contributed by atoms with E-state index in [1.165, 1.54) is 6.07 Å². The van der Waals surface area contributed by atoms with Crippen LogP contribution >= 0.6 is 0 Å². The first-order chi connectivity index (χ1) is 17.2. The quantitative estimate of drug-likeness (QED) is 0.361. The Balaban J connectivity index is 1.46. The molecule has 5 rings (SSSR count). The smallest absolute Gasteiger partial charge is 0.410 e. The van der Waals surface area contributed by atoms with E-state index in [2.05, 4.69) is 6.92 Å². The molecule has 5 heteroatoms. The van der Waals surface area contributed by atoms with E-state index in [0.717, 1.165) is 28.8 Å². The van der Waals surface area contributed by atoms with Crippen molar-refractivity contribution in [3.05, 3.63) is 101 Å². The third-order valence-corrected chi connectivity index (χ3v) is 7.53. The van der Waals surface area contributed by atoms with Crippen molar-refractivity contribution in [1.82, 2.24) is 4.90 Å². The molecule has 2 fully saturated rings. The second-order valence-corrected chi connectivity index (χ2v) is 10.9. The molecule has 0 radical (unpaired) electrons. The van der Waals surface area contributed by atoms with Crippen LogP contribution in [-0.2, 0) is 10.2 Å². The van der Waals surface area contributed by atoms with Crippen molar-refractivity contribution in [1.29, 1.82) is 0 Å². The average molecular weight is 485 g/mol. The summed E-state index contributed by atoms with van der Waals surface area (Å²) in [6.45, 7) is 9.08. The van der Waals surface area contributed by atoms with Crippen LogP contribution in [-0.4, -0.2) is 35.4 Å². The number of hydrogen-bond donors (Lipinski definition) is 0. The van der Waals surface area contributed by atoms with Crippen LogP contribution in [0, 0.1) is 17.7 Å². The van der Waals surface area contributed by atoms with Gasteiger partial charge >= 0.3 is 6.09 Å². The number of amides is 1. The van der Waals surface area contributed by atoms with Gasteiger partial charge in [-0.3, -0.25) is 0 Å². The SMILES string of the molecule is CCC1(c2cc(F)cc(N=C(c3ccccc3)c3ccccc3)c2)C2CN(C(=O)OC(C)(C)C)CC21. The summed E-state index contributed by atoms with van der Waals surface area (Å²) in [5, 5.41) is 0. The number of hydrogen-bond acceptors (Lipinski definition) is 3. The van der Waals surface area contributed by atoms with Gasteiger partial charge in [0.25, 0.3) is 0 Å². The van der Waals surface area contributed by atoms with Crippen molar-refractivity contribution < 1.29 is 13.9 Å². The molecule has 4 nitrogen and oxygen atoms in total. The van der Waals surface area contributed by atoms with Crippen LogP contribution in [0.25, 0.3) is 0 Å². The van der Waals surface area contributed by atoms with E-state index in [1.54, 1.807) is 11.0 Å². The molecule has 0 N–H and O–H groups in total. The minimum atomic E-state index is -0.517. The first-order valence-electron chi connectivity index (χ1n) is 12.7. The summed E-state index contributed by atoms with van der Waals surface area (Å²) in [5.41, 5.74) is 3.70. The predicted octanol–water partition coefficient (Wildman–Crippen LogP) is 7.14. The molecule has 1 amide bonds. The number of halogens is 1. The molecule has 1 aliphatic heterocycles. The molecular weight excluding hydrogens is 451 g/mol. The van der Waals surface area contributed by atoms with Crippen LogP contribution in [0.5, 0.6) is 0 Å². The van der Waals surface area contributed by atoms with Gasteiger partial charge in [0.15, 0.2) is 0 Å². The first kappa shape index (κ1) is 24.2.